The molecule has 1 atom stereocenters. The van der Waals surface area contributed by atoms with E-state index >= 15 is 0 Å². The van der Waals surface area contributed by atoms with Gasteiger partial charge in [-0.1, -0.05) is 46.3 Å². The van der Waals surface area contributed by atoms with Crippen LogP contribution in [0.2, 0.25) is 0 Å². The Balaban J connectivity index is 1.99. The topological polar surface area (TPSA) is 12.0 Å². The first kappa shape index (κ1) is 15.1. The molecule has 0 aromatic heterocycles. The number of benzene rings is 2. The second-order valence-corrected chi connectivity index (χ2v) is 5.62. The minimum atomic E-state index is -2.42. The molecule has 2 aromatic carbocycles. The second kappa shape index (κ2) is 6.95. The van der Waals surface area contributed by atoms with E-state index in [4.69, 9.17) is 0 Å². The predicted octanol–water partition coefficient (Wildman–Crippen LogP) is 5.24. The van der Waals surface area contributed by atoms with Crippen LogP contribution in [0.5, 0.6) is 0 Å². The van der Waals surface area contributed by atoms with Gasteiger partial charge in [-0.05, 0) is 36.2 Å². The van der Waals surface area contributed by atoms with Crippen molar-refractivity contribution in [2.24, 2.45) is 0 Å². The second-order valence-electron chi connectivity index (χ2n) is 4.70. The Morgan fingerprint density at radius 2 is 1.75 bits per heavy atom. The summed E-state index contributed by atoms with van der Waals surface area (Å²) in [4.78, 5) is 0. The van der Waals surface area contributed by atoms with Crippen molar-refractivity contribution in [1.82, 2.24) is 5.32 Å². The summed E-state index contributed by atoms with van der Waals surface area (Å²) in [5, 5.41) is 3.34. The molecule has 0 heterocycles. The Morgan fingerprint density at radius 3 is 2.45 bits per heavy atom. The summed E-state index contributed by atoms with van der Waals surface area (Å²) in [5.74, 6) is 0. The van der Waals surface area contributed by atoms with Crippen molar-refractivity contribution in [2.75, 3.05) is 0 Å². The molecule has 0 aliphatic carbocycles. The fourth-order valence-electron chi connectivity index (χ4n) is 2.00. The summed E-state index contributed by atoms with van der Waals surface area (Å²) >= 11 is 3.44. The minimum absolute atomic E-state index is 0.0689. The summed E-state index contributed by atoms with van der Waals surface area (Å²) in [6.45, 7) is 2.62. The highest BCUT2D eigenvalue weighted by Gasteiger charge is 2.08. The van der Waals surface area contributed by atoms with Crippen molar-refractivity contribution in [3.8, 4) is 0 Å². The maximum absolute atomic E-state index is 12.6. The number of rotatable bonds is 5. The lowest BCUT2D eigenvalue weighted by Crippen LogP contribution is -2.18. The zero-order valence-electron chi connectivity index (χ0n) is 11.1. The van der Waals surface area contributed by atoms with Crippen molar-refractivity contribution in [3.05, 3.63) is 69.7 Å². The van der Waals surface area contributed by atoms with Crippen molar-refractivity contribution in [3.63, 3.8) is 0 Å². The molecule has 0 amide bonds. The summed E-state index contributed by atoms with van der Waals surface area (Å²) in [6, 6.07) is 14.7. The van der Waals surface area contributed by atoms with Gasteiger partial charge in [-0.2, -0.15) is 0 Å². The fourth-order valence-corrected chi connectivity index (χ4v) is 2.42. The van der Waals surface area contributed by atoms with Gasteiger partial charge < -0.3 is 5.32 Å². The number of alkyl halides is 2. The normalized spacial score (nSPS) is 12.7. The first-order valence-electron chi connectivity index (χ1n) is 6.42. The lowest BCUT2D eigenvalue weighted by Gasteiger charge is -2.15. The van der Waals surface area contributed by atoms with Gasteiger partial charge in [0.15, 0.2) is 0 Å². The first-order valence-corrected chi connectivity index (χ1v) is 7.21. The maximum Gasteiger partial charge on any atom is 0.263 e. The van der Waals surface area contributed by atoms with Crippen LogP contribution < -0.4 is 5.32 Å². The van der Waals surface area contributed by atoms with Crippen molar-refractivity contribution in [2.45, 2.75) is 25.9 Å². The molecule has 20 heavy (non-hydrogen) atoms. The van der Waals surface area contributed by atoms with Gasteiger partial charge in [0.1, 0.15) is 0 Å². The van der Waals surface area contributed by atoms with Gasteiger partial charge >= 0.3 is 0 Å². The number of hydrogen-bond donors (Lipinski definition) is 1. The third kappa shape index (κ3) is 4.12. The van der Waals surface area contributed by atoms with Crippen LogP contribution in [-0.2, 0) is 6.54 Å². The first-order chi connectivity index (χ1) is 9.56. The molecule has 1 unspecified atom stereocenters. The lowest BCUT2D eigenvalue weighted by molar-refractivity contribution is 0.151. The van der Waals surface area contributed by atoms with E-state index < -0.39 is 6.43 Å². The summed E-state index contributed by atoms with van der Waals surface area (Å²) in [7, 11) is 0. The molecule has 0 saturated heterocycles. The van der Waals surface area contributed by atoms with Crippen LogP contribution in [0.15, 0.2) is 53.0 Å². The molecule has 2 rings (SSSR count). The van der Waals surface area contributed by atoms with Crippen molar-refractivity contribution in [1.29, 1.82) is 0 Å². The van der Waals surface area contributed by atoms with E-state index in [9.17, 15) is 8.78 Å². The third-order valence-corrected chi connectivity index (χ3v) is 3.66. The molecule has 106 valence electrons. The van der Waals surface area contributed by atoms with Crippen LogP contribution in [-0.4, -0.2) is 0 Å². The van der Waals surface area contributed by atoms with Crippen LogP contribution in [0.3, 0.4) is 0 Å². The highest BCUT2D eigenvalue weighted by atomic mass is 79.9. The molecule has 1 nitrogen and oxygen atoms in total. The van der Waals surface area contributed by atoms with E-state index in [1.165, 1.54) is 6.07 Å². The molecule has 0 aliphatic rings. The van der Waals surface area contributed by atoms with Crippen molar-refractivity contribution < 1.29 is 8.78 Å². The Bertz CT molecular complexity index is 572. The Morgan fingerprint density at radius 1 is 1.05 bits per heavy atom. The van der Waals surface area contributed by atoms with E-state index in [0.717, 1.165) is 15.6 Å². The molecular formula is C16H16BrF2N. The van der Waals surface area contributed by atoms with E-state index in [2.05, 4.69) is 28.2 Å². The number of nitrogens with one attached hydrogen (secondary N) is 1. The Labute approximate surface area is 126 Å². The summed E-state index contributed by atoms with van der Waals surface area (Å²) < 4.78 is 26.3. The molecule has 1 N–H and O–H groups in total. The summed E-state index contributed by atoms with van der Waals surface area (Å²) in [5.41, 5.74) is 2.09. The van der Waals surface area contributed by atoms with Crippen LogP contribution in [0.25, 0.3) is 0 Å². The van der Waals surface area contributed by atoms with Crippen molar-refractivity contribution >= 4 is 15.9 Å². The van der Waals surface area contributed by atoms with Gasteiger partial charge in [-0.25, -0.2) is 8.78 Å². The highest BCUT2D eigenvalue weighted by Crippen LogP contribution is 2.21. The molecule has 2 aromatic rings. The van der Waals surface area contributed by atoms with E-state index in [0.29, 0.717) is 6.54 Å². The lowest BCUT2D eigenvalue weighted by atomic mass is 10.1. The van der Waals surface area contributed by atoms with Gasteiger partial charge in [-0.15, -0.1) is 0 Å². The molecule has 0 bridgehead atoms. The standard InChI is InChI=1S/C16H16BrF2N/c1-11(13-5-3-7-15(17)9-13)20-10-12-4-2-6-14(8-12)16(18)19/h2-9,11,16,20H,10H2,1H3. The zero-order chi connectivity index (χ0) is 14.5. The van der Waals surface area contributed by atoms with Gasteiger partial charge in [0.2, 0.25) is 0 Å². The van der Waals surface area contributed by atoms with Gasteiger partial charge in [0.25, 0.3) is 6.43 Å². The molecular weight excluding hydrogens is 324 g/mol. The molecule has 0 radical (unpaired) electrons. The number of halogens is 3. The van der Waals surface area contributed by atoms with Crippen LogP contribution >= 0.6 is 15.9 Å². The van der Waals surface area contributed by atoms with E-state index in [1.54, 1.807) is 12.1 Å². The predicted molar refractivity (Wildman–Crippen MR) is 80.8 cm³/mol. The zero-order valence-corrected chi connectivity index (χ0v) is 12.7. The average Bonchev–Trinajstić information content (AvgIpc) is 2.45. The Hall–Kier alpha value is -1.26. The van der Waals surface area contributed by atoms with Gasteiger partial charge in [-0.3, -0.25) is 0 Å². The summed E-state index contributed by atoms with van der Waals surface area (Å²) in [6.07, 6.45) is -2.42. The maximum atomic E-state index is 12.6. The highest BCUT2D eigenvalue weighted by molar-refractivity contribution is 9.10. The SMILES string of the molecule is CC(NCc1cccc(C(F)F)c1)c1cccc(Br)c1. The quantitative estimate of drug-likeness (QED) is 0.785. The van der Waals surface area contributed by atoms with E-state index in [1.807, 2.05) is 30.3 Å². The Kier molecular flexibility index (Phi) is 5.26. The van der Waals surface area contributed by atoms with Crippen LogP contribution in [0, 0.1) is 0 Å². The van der Waals surface area contributed by atoms with Crippen LogP contribution in [0.1, 0.15) is 36.1 Å². The monoisotopic (exact) mass is 339 g/mol. The van der Waals surface area contributed by atoms with Gasteiger partial charge in [0.05, 0.1) is 0 Å². The van der Waals surface area contributed by atoms with Gasteiger partial charge in [0, 0.05) is 22.6 Å². The average molecular weight is 340 g/mol. The molecule has 4 heteroatoms. The number of hydrogen-bond acceptors (Lipinski definition) is 1. The third-order valence-electron chi connectivity index (χ3n) is 3.16. The molecule has 0 spiro atoms. The van der Waals surface area contributed by atoms with Crippen LogP contribution in [0.4, 0.5) is 8.78 Å². The molecule has 0 aliphatic heterocycles. The fraction of sp³-hybridized carbons (Fsp3) is 0.250. The molecule has 0 saturated carbocycles. The smallest absolute Gasteiger partial charge is 0.263 e. The molecule has 0 fully saturated rings. The van der Waals surface area contributed by atoms with E-state index in [-0.39, 0.29) is 11.6 Å². The minimum Gasteiger partial charge on any atom is -0.306 e. The largest absolute Gasteiger partial charge is 0.306 e.